The number of aromatic nitrogens is 4. The average molecular weight is 1090 g/mol. The van der Waals surface area contributed by atoms with Gasteiger partial charge in [0, 0.05) is 44.3 Å². The van der Waals surface area contributed by atoms with Gasteiger partial charge in [0.25, 0.3) is 6.33 Å². The van der Waals surface area contributed by atoms with E-state index in [1.165, 1.54) is 5.56 Å². The van der Waals surface area contributed by atoms with Crippen LogP contribution in [0, 0.1) is 30.8 Å². The fourth-order valence-electron chi connectivity index (χ4n) is 9.16. The molecule has 0 fully saturated rings. The topological polar surface area (TPSA) is 35.9 Å². The Bertz CT molecular complexity index is 3770. The van der Waals surface area contributed by atoms with Crippen molar-refractivity contribution in [2.45, 2.75) is 92.9 Å². The van der Waals surface area contributed by atoms with E-state index in [1.54, 1.807) is 0 Å². The summed E-state index contributed by atoms with van der Waals surface area (Å²) in [4.78, 5) is 4.90. The largest absolute Gasteiger partial charge is 0.510 e. The number of benzene rings is 7. The number of hydrogen-bond acceptors (Lipinski definition) is 2. The van der Waals surface area contributed by atoms with Crippen molar-refractivity contribution in [1.82, 2.24) is 14.1 Å². The molecule has 3 aromatic heterocycles. The Morgan fingerprint density at radius 3 is 2.01 bits per heavy atom. The molecular weight excluding hydrogens is 1020 g/mol. The summed E-state index contributed by atoms with van der Waals surface area (Å²) in [5, 5.41) is 2.13. The van der Waals surface area contributed by atoms with Gasteiger partial charge in [0.2, 0.25) is 0 Å². The van der Waals surface area contributed by atoms with E-state index in [1.807, 2.05) is 82.9 Å². The van der Waals surface area contributed by atoms with Crippen LogP contribution in [0.4, 0.5) is 0 Å². The Hall–Kier alpha value is -6.55. The summed E-state index contributed by atoms with van der Waals surface area (Å²) < 4.78 is 57.3. The van der Waals surface area contributed by atoms with Gasteiger partial charge in [0.1, 0.15) is 5.82 Å². The van der Waals surface area contributed by atoms with Crippen LogP contribution in [0.3, 0.4) is 0 Å². The van der Waals surface area contributed by atoms with Crippen molar-refractivity contribution in [3.8, 4) is 50.9 Å². The molecule has 5 nitrogen and oxygen atoms in total. The van der Waals surface area contributed by atoms with Crippen LogP contribution in [0.2, 0.25) is 0 Å². The predicted octanol–water partition coefficient (Wildman–Crippen LogP) is 16.0. The van der Waals surface area contributed by atoms with Gasteiger partial charge in [-0.3, -0.25) is 4.57 Å². The fourth-order valence-corrected chi connectivity index (χ4v) is 9.16. The molecule has 0 aliphatic rings. The SMILES string of the molecule is [2H]c1c([2H])c([2H])c(-c2cccc(-c3cc(C(C)(C)C)cc(C(C)(C)C)c3)c2-[n+]2[c-]n(-c3[c-]c(Oc4[c-]c5c(cc4)c4ccccc4n5-c4cc(C(C)C(C)(C)C)ccn4)ccc3)c3cccc(C)c32)c([2H])c1[2H].[Pt]. The van der Waals surface area contributed by atoms with E-state index < -0.39 is 18.1 Å². The molecule has 0 N–H and O–H groups in total. The van der Waals surface area contributed by atoms with Gasteiger partial charge in [0.15, 0.2) is 0 Å². The molecule has 6 heteroatoms. The smallest absolute Gasteiger partial charge is 0.268 e. The maximum Gasteiger partial charge on any atom is 0.268 e. The molecule has 3 heterocycles. The van der Waals surface area contributed by atoms with Gasteiger partial charge in [-0.25, -0.2) is 4.98 Å². The maximum absolute atomic E-state index is 9.25. The molecule has 69 heavy (non-hydrogen) atoms. The van der Waals surface area contributed by atoms with Crippen molar-refractivity contribution < 1.29 is 37.2 Å². The maximum atomic E-state index is 9.25. The third kappa shape index (κ3) is 8.99. The molecule has 0 spiro atoms. The molecule has 1 unspecified atom stereocenters. The van der Waals surface area contributed by atoms with Crippen LogP contribution < -0.4 is 9.30 Å². The molecular formula is C63H60N4OPt-2. The van der Waals surface area contributed by atoms with Crippen molar-refractivity contribution in [3.63, 3.8) is 0 Å². The number of ether oxygens (including phenoxy) is 1. The molecule has 10 rings (SSSR count). The first-order valence-corrected chi connectivity index (χ1v) is 23.5. The normalized spacial score (nSPS) is 13.7. The summed E-state index contributed by atoms with van der Waals surface area (Å²) >= 11 is 0. The van der Waals surface area contributed by atoms with Crippen LogP contribution >= 0.6 is 0 Å². The summed E-state index contributed by atoms with van der Waals surface area (Å²) in [6, 6.07) is 46.4. The van der Waals surface area contributed by atoms with Crippen molar-refractivity contribution in [2.24, 2.45) is 5.41 Å². The molecule has 0 amide bonds. The van der Waals surface area contributed by atoms with Crippen molar-refractivity contribution >= 4 is 32.8 Å². The summed E-state index contributed by atoms with van der Waals surface area (Å²) in [5.41, 5.74) is 11.3. The van der Waals surface area contributed by atoms with Crippen molar-refractivity contribution in [1.29, 1.82) is 0 Å². The van der Waals surface area contributed by atoms with Crippen molar-refractivity contribution in [2.75, 3.05) is 0 Å². The molecule has 0 saturated heterocycles. The first-order valence-electron chi connectivity index (χ1n) is 26.0. The van der Waals surface area contributed by atoms with Crippen LogP contribution in [-0.2, 0) is 31.9 Å². The van der Waals surface area contributed by atoms with Gasteiger partial charge in [-0.05, 0) is 103 Å². The third-order valence-corrected chi connectivity index (χ3v) is 13.5. The number of hydrogen-bond donors (Lipinski definition) is 0. The quantitative estimate of drug-likeness (QED) is 0.112. The molecule has 0 aliphatic carbocycles. The first kappa shape index (κ1) is 41.4. The molecule has 0 bridgehead atoms. The second-order valence-electron chi connectivity index (χ2n) is 21.2. The van der Waals surface area contributed by atoms with E-state index in [-0.39, 0.29) is 55.0 Å². The number of pyridine rings is 1. The number of rotatable bonds is 8. The van der Waals surface area contributed by atoms with E-state index in [2.05, 4.69) is 153 Å². The Kier molecular flexibility index (Phi) is 10.9. The number of imidazole rings is 1. The second-order valence-corrected chi connectivity index (χ2v) is 21.2. The first-order chi connectivity index (χ1) is 34.5. The van der Waals surface area contributed by atoms with Gasteiger partial charge in [-0.15, -0.1) is 29.7 Å². The van der Waals surface area contributed by atoms with Crippen molar-refractivity contribution in [3.05, 3.63) is 198 Å². The van der Waals surface area contributed by atoms with Gasteiger partial charge < -0.3 is 13.9 Å². The average Bonchev–Trinajstić information content (AvgIpc) is 3.91. The monoisotopic (exact) mass is 1090 g/mol. The minimum Gasteiger partial charge on any atom is -0.510 e. The number of para-hydroxylation sites is 3. The molecule has 1 atom stereocenters. The zero-order valence-corrected chi connectivity index (χ0v) is 43.5. The molecule has 350 valence electrons. The Balaban J connectivity index is 0.00000672. The molecule has 7 aromatic carbocycles. The molecule has 10 aromatic rings. The predicted molar refractivity (Wildman–Crippen MR) is 281 cm³/mol. The van der Waals surface area contributed by atoms with Crippen LogP contribution in [-0.4, -0.2) is 14.1 Å². The van der Waals surface area contributed by atoms with E-state index >= 15 is 0 Å². The van der Waals surface area contributed by atoms with Crippen LogP contribution in [0.15, 0.2) is 158 Å². The standard InChI is InChI=1S/C63H60N4O.Pt/c1-41-20-17-29-56-59(41)66(60-51(43-21-13-12-14-22-43)26-19-27-52(60)45-34-46(62(6,7)8)37-47(35-45)63(9,10)11)40-65(56)48-23-18-24-49(38-48)68-50-30-31-54-53-25-15-16-28-55(53)67(57(54)39-50)58-36-44(32-33-64-58)42(2)61(3,4)5;/h12-37,42H,1-11H3;/q-2;/i12D,13D,14D,21D,22D;. The van der Waals surface area contributed by atoms with Crippen LogP contribution in [0.25, 0.3) is 72.3 Å². The molecule has 0 radical (unpaired) electrons. The Morgan fingerprint density at radius 1 is 0.652 bits per heavy atom. The Morgan fingerprint density at radius 2 is 1.30 bits per heavy atom. The number of aryl methyl sites for hydroxylation is 1. The second kappa shape index (κ2) is 18.1. The minimum absolute atomic E-state index is 0. The van der Waals surface area contributed by atoms with Gasteiger partial charge in [-0.1, -0.05) is 178 Å². The zero-order chi connectivity index (χ0) is 52.1. The summed E-state index contributed by atoms with van der Waals surface area (Å²) in [5.74, 6) is 2.10. The van der Waals surface area contributed by atoms with Gasteiger partial charge in [0.05, 0.1) is 23.6 Å². The number of nitrogens with zero attached hydrogens (tertiary/aromatic N) is 4. The van der Waals surface area contributed by atoms with E-state index in [0.717, 1.165) is 66.5 Å². The van der Waals surface area contributed by atoms with Gasteiger partial charge in [-0.2, -0.15) is 18.2 Å². The zero-order valence-electron chi connectivity index (χ0n) is 46.2. The van der Waals surface area contributed by atoms with Crippen LogP contribution in [0.1, 0.15) is 104 Å². The summed E-state index contributed by atoms with van der Waals surface area (Å²) in [7, 11) is 0. The third-order valence-electron chi connectivity index (χ3n) is 13.5. The van der Waals surface area contributed by atoms with Gasteiger partial charge >= 0.3 is 0 Å². The summed E-state index contributed by atoms with van der Waals surface area (Å²) in [6.07, 6.45) is 5.60. The van der Waals surface area contributed by atoms with E-state index in [9.17, 15) is 2.74 Å². The Labute approximate surface area is 429 Å². The minimum atomic E-state index is -0.443. The van der Waals surface area contributed by atoms with E-state index in [0.29, 0.717) is 34.4 Å². The summed E-state index contributed by atoms with van der Waals surface area (Å²) in [6.45, 7) is 24.3. The molecule has 0 aliphatic heterocycles. The number of fused-ring (bicyclic) bond motifs is 4. The fraction of sp³-hybridized carbons (Fsp3) is 0.238. The molecule has 0 saturated carbocycles. The van der Waals surface area contributed by atoms with Crippen LogP contribution in [0.5, 0.6) is 11.5 Å². The van der Waals surface area contributed by atoms with E-state index in [4.69, 9.17) is 13.8 Å².